The first-order valence-electron chi connectivity index (χ1n) is 5.15. The van der Waals surface area contributed by atoms with Gasteiger partial charge in [0, 0.05) is 12.5 Å². The van der Waals surface area contributed by atoms with Gasteiger partial charge in [0.25, 0.3) is 0 Å². The highest BCUT2D eigenvalue weighted by Crippen LogP contribution is 2.31. The van der Waals surface area contributed by atoms with Gasteiger partial charge in [0.15, 0.2) is 15.6 Å². The summed E-state index contributed by atoms with van der Waals surface area (Å²) in [4.78, 5) is 3.96. The second kappa shape index (κ2) is 4.66. The SMILES string of the molecule is CS(=O)(=O)c1cccc(Oc2cccnc2)c1N. The lowest BCUT2D eigenvalue weighted by Gasteiger charge is -2.10. The molecule has 2 N–H and O–H groups in total. The predicted octanol–water partition coefficient (Wildman–Crippen LogP) is 1.86. The molecule has 0 saturated carbocycles. The van der Waals surface area contributed by atoms with E-state index in [0.717, 1.165) is 6.26 Å². The van der Waals surface area contributed by atoms with Crippen molar-refractivity contribution in [1.29, 1.82) is 0 Å². The van der Waals surface area contributed by atoms with Gasteiger partial charge in [-0.15, -0.1) is 0 Å². The molecule has 0 fully saturated rings. The van der Waals surface area contributed by atoms with Crippen molar-refractivity contribution in [2.45, 2.75) is 4.90 Å². The van der Waals surface area contributed by atoms with Crippen molar-refractivity contribution >= 4 is 15.5 Å². The van der Waals surface area contributed by atoms with E-state index in [0.29, 0.717) is 11.5 Å². The lowest BCUT2D eigenvalue weighted by Crippen LogP contribution is -2.03. The van der Waals surface area contributed by atoms with Crippen molar-refractivity contribution in [2.75, 3.05) is 12.0 Å². The molecule has 94 valence electrons. The molecule has 2 rings (SSSR count). The average Bonchev–Trinajstić information content (AvgIpc) is 2.32. The smallest absolute Gasteiger partial charge is 0.177 e. The van der Waals surface area contributed by atoms with Crippen molar-refractivity contribution in [3.63, 3.8) is 0 Å². The molecule has 0 aliphatic carbocycles. The molecule has 0 bridgehead atoms. The Labute approximate surface area is 105 Å². The lowest BCUT2D eigenvalue weighted by molar-refractivity contribution is 0.481. The molecule has 5 nitrogen and oxygen atoms in total. The van der Waals surface area contributed by atoms with Gasteiger partial charge in [0.2, 0.25) is 0 Å². The van der Waals surface area contributed by atoms with E-state index in [-0.39, 0.29) is 10.6 Å². The zero-order valence-corrected chi connectivity index (χ0v) is 10.5. The number of pyridine rings is 1. The standard InChI is InChI=1S/C12H12N2O3S/c1-18(15,16)11-6-2-5-10(12(11)13)17-9-4-3-7-14-8-9/h2-8H,13H2,1H3. The Balaban J connectivity index is 2.42. The Bertz CT molecular complexity index is 654. The summed E-state index contributed by atoms with van der Waals surface area (Å²) in [5.41, 5.74) is 5.89. The van der Waals surface area contributed by atoms with Crippen LogP contribution < -0.4 is 10.5 Å². The molecule has 6 heteroatoms. The van der Waals surface area contributed by atoms with Crippen LogP contribution in [0.25, 0.3) is 0 Å². The highest BCUT2D eigenvalue weighted by atomic mass is 32.2. The summed E-state index contributed by atoms with van der Waals surface area (Å²) in [6.45, 7) is 0. The summed E-state index contributed by atoms with van der Waals surface area (Å²) < 4.78 is 28.5. The van der Waals surface area contributed by atoms with Gasteiger partial charge >= 0.3 is 0 Å². The van der Waals surface area contributed by atoms with Gasteiger partial charge in [-0.25, -0.2) is 8.42 Å². The lowest BCUT2D eigenvalue weighted by atomic mass is 10.3. The van der Waals surface area contributed by atoms with Gasteiger partial charge < -0.3 is 10.5 Å². The number of nitrogen functional groups attached to an aromatic ring is 1. The molecule has 0 atom stereocenters. The number of rotatable bonds is 3. The Hall–Kier alpha value is -2.08. The van der Waals surface area contributed by atoms with Crippen LogP contribution in [0.3, 0.4) is 0 Å². The third-order valence-corrected chi connectivity index (χ3v) is 3.44. The van der Waals surface area contributed by atoms with Gasteiger partial charge in [0.05, 0.1) is 16.8 Å². The largest absolute Gasteiger partial charge is 0.454 e. The number of hydrogen-bond donors (Lipinski definition) is 1. The number of para-hydroxylation sites is 1. The van der Waals surface area contributed by atoms with E-state index in [1.807, 2.05) is 0 Å². The third-order valence-electron chi connectivity index (χ3n) is 2.29. The van der Waals surface area contributed by atoms with E-state index >= 15 is 0 Å². The van der Waals surface area contributed by atoms with Gasteiger partial charge in [-0.2, -0.15) is 0 Å². The maximum Gasteiger partial charge on any atom is 0.177 e. The second-order valence-corrected chi connectivity index (χ2v) is 5.72. The first kappa shape index (κ1) is 12.4. The van der Waals surface area contributed by atoms with Crippen molar-refractivity contribution in [2.24, 2.45) is 0 Å². The summed E-state index contributed by atoms with van der Waals surface area (Å²) in [7, 11) is -3.37. The number of anilines is 1. The first-order valence-corrected chi connectivity index (χ1v) is 7.04. The quantitative estimate of drug-likeness (QED) is 0.855. The van der Waals surface area contributed by atoms with Crippen molar-refractivity contribution < 1.29 is 13.2 Å². The molecule has 18 heavy (non-hydrogen) atoms. The van der Waals surface area contributed by atoms with Gasteiger partial charge in [0.1, 0.15) is 5.75 Å². The molecule has 0 unspecified atom stereocenters. The van der Waals surface area contributed by atoms with E-state index < -0.39 is 9.84 Å². The van der Waals surface area contributed by atoms with Crippen LogP contribution in [0, 0.1) is 0 Å². The number of nitrogens with two attached hydrogens (primary N) is 1. The number of hydrogen-bond acceptors (Lipinski definition) is 5. The molecular weight excluding hydrogens is 252 g/mol. The minimum absolute atomic E-state index is 0.0592. The molecule has 0 saturated heterocycles. The Morgan fingerprint density at radius 3 is 2.61 bits per heavy atom. The van der Waals surface area contributed by atoms with Crippen LogP contribution in [0.2, 0.25) is 0 Å². The molecule has 2 aromatic rings. The normalized spacial score (nSPS) is 11.2. The second-order valence-electron chi connectivity index (χ2n) is 3.73. The molecule has 0 spiro atoms. The minimum Gasteiger partial charge on any atom is -0.454 e. The summed E-state index contributed by atoms with van der Waals surface area (Å²) in [5, 5.41) is 0. The van der Waals surface area contributed by atoms with Crippen LogP contribution in [0.1, 0.15) is 0 Å². The topological polar surface area (TPSA) is 82.3 Å². The number of benzene rings is 1. The van der Waals surface area contributed by atoms with E-state index in [1.165, 1.54) is 12.3 Å². The van der Waals surface area contributed by atoms with Crippen LogP contribution in [0.4, 0.5) is 5.69 Å². The van der Waals surface area contributed by atoms with Crippen molar-refractivity contribution in [3.05, 3.63) is 42.7 Å². The van der Waals surface area contributed by atoms with Crippen LogP contribution in [0.5, 0.6) is 11.5 Å². The van der Waals surface area contributed by atoms with Gasteiger partial charge in [-0.1, -0.05) is 6.07 Å². The Morgan fingerprint density at radius 2 is 2.00 bits per heavy atom. The molecule has 0 radical (unpaired) electrons. The first-order chi connectivity index (χ1) is 8.48. The summed E-state index contributed by atoms with van der Waals surface area (Å²) in [6.07, 6.45) is 4.24. The zero-order chi connectivity index (χ0) is 13.2. The highest BCUT2D eigenvalue weighted by molar-refractivity contribution is 7.90. The Kier molecular flexibility index (Phi) is 3.20. The molecular formula is C12H12N2O3S. The Morgan fingerprint density at radius 1 is 1.22 bits per heavy atom. The van der Waals surface area contributed by atoms with Crippen molar-refractivity contribution in [3.8, 4) is 11.5 Å². The molecule has 0 amide bonds. The fourth-order valence-electron chi connectivity index (χ4n) is 1.47. The number of aromatic nitrogens is 1. The van der Waals surface area contributed by atoms with Crippen molar-refractivity contribution in [1.82, 2.24) is 4.98 Å². The fraction of sp³-hybridized carbons (Fsp3) is 0.0833. The number of nitrogens with zero attached hydrogens (tertiary/aromatic N) is 1. The molecule has 1 aromatic heterocycles. The highest BCUT2D eigenvalue weighted by Gasteiger charge is 2.15. The van der Waals surface area contributed by atoms with Crippen LogP contribution >= 0.6 is 0 Å². The monoisotopic (exact) mass is 264 g/mol. The van der Waals surface area contributed by atoms with Gasteiger partial charge in [-0.05, 0) is 24.3 Å². The fourth-order valence-corrected chi connectivity index (χ4v) is 2.30. The van der Waals surface area contributed by atoms with E-state index in [9.17, 15) is 8.42 Å². The summed E-state index contributed by atoms with van der Waals surface area (Å²) in [6, 6.07) is 8.06. The minimum atomic E-state index is -3.37. The number of sulfone groups is 1. The molecule has 0 aliphatic heterocycles. The van der Waals surface area contributed by atoms with Crippen LogP contribution in [-0.4, -0.2) is 19.7 Å². The summed E-state index contributed by atoms with van der Waals surface area (Å²) >= 11 is 0. The van der Waals surface area contributed by atoms with E-state index in [4.69, 9.17) is 10.5 Å². The van der Waals surface area contributed by atoms with Gasteiger partial charge in [-0.3, -0.25) is 4.98 Å². The third kappa shape index (κ3) is 2.60. The van der Waals surface area contributed by atoms with Crippen LogP contribution in [0.15, 0.2) is 47.6 Å². The molecule has 0 aliphatic rings. The predicted molar refractivity (Wildman–Crippen MR) is 68.3 cm³/mol. The van der Waals surface area contributed by atoms with Crippen LogP contribution in [-0.2, 0) is 9.84 Å². The maximum absolute atomic E-state index is 11.5. The van der Waals surface area contributed by atoms with E-state index in [1.54, 1.807) is 30.5 Å². The molecule has 1 heterocycles. The average molecular weight is 264 g/mol. The number of ether oxygens (including phenoxy) is 1. The van der Waals surface area contributed by atoms with E-state index in [2.05, 4.69) is 4.98 Å². The molecule has 1 aromatic carbocycles. The maximum atomic E-state index is 11.5. The zero-order valence-electron chi connectivity index (χ0n) is 9.70. The summed E-state index contributed by atoms with van der Waals surface area (Å²) in [5.74, 6) is 0.792.